The largest absolute Gasteiger partial charge is 0.381 e. The molecule has 1 saturated carbocycles. The summed E-state index contributed by atoms with van der Waals surface area (Å²) >= 11 is 0. The Balaban J connectivity index is 1.68. The van der Waals surface area contributed by atoms with Crippen LogP contribution in [-0.2, 0) is 11.2 Å². The molecule has 0 radical (unpaired) electrons. The second-order valence-electron chi connectivity index (χ2n) is 5.83. The van der Waals surface area contributed by atoms with E-state index in [1.807, 2.05) is 12.1 Å². The van der Waals surface area contributed by atoms with E-state index >= 15 is 0 Å². The first-order valence-electron chi connectivity index (χ1n) is 7.68. The zero-order valence-corrected chi connectivity index (χ0v) is 12.4. The van der Waals surface area contributed by atoms with Crippen LogP contribution in [0.15, 0.2) is 36.4 Å². The third kappa shape index (κ3) is 5.09. The SMILES string of the molecule is COC/C=C/C1CCC(CCc2ccc(F)cc2)CC1. The fraction of sp³-hybridized carbons (Fsp3) is 0.556. The van der Waals surface area contributed by atoms with Crippen molar-refractivity contribution >= 4 is 0 Å². The fourth-order valence-electron chi connectivity index (χ4n) is 3.04. The Kier molecular flexibility index (Phi) is 6.25. The van der Waals surface area contributed by atoms with Gasteiger partial charge in [-0.05, 0) is 68.1 Å². The summed E-state index contributed by atoms with van der Waals surface area (Å²) in [6, 6.07) is 6.95. The van der Waals surface area contributed by atoms with E-state index in [-0.39, 0.29) is 5.82 Å². The van der Waals surface area contributed by atoms with Crippen LogP contribution in [0.25, 0.3) is 0 Å². The summed E-state index contributed by atoms with van der Waals surface area (Å²) in [6.45, 7) is 0.727. The minimum absolute atomic E-state index is 0.142. The molecule has 0 atom stereocenters. The number of hydrogen-bond donors (Lipinski definition) is 0. The van der Waals surface area contributed by atoms with Crippen LogP contribution in [0.5, 0.6) is 0 Å². The Bertz CT molecular complexity index is 402. The van der Waals surface area contributed by atoms with E-state index in [2.05, 4.69) is 12.2 Å². The highest BCUT2D eigenvalue weighted by molar-refractivity contribution is 5.16. The molecule has 0 saturated heterocycles. The van der Waals surface area contributed by atoms with Crippen LogP contribution in [0.1, 0.15) is 37.7 Å². The molecule has 0 aliphatic heterocycles. The molecule has 1 aliphatic carbocycles. The van der Waals surface area contributed by atoms with Crippen molar-refractivity contribution < 1.29 is 9.13 Å². The zero-order chi connectivity index (χ0) is 14.2. The predicted octanol–water partition coefficient (Wildman–Crippen LogP) is 4.77. The van der Waals surface area contributed by atoms with Gasteiger partial charge in [0, 0.05) is 7.11 Å². The smallest absolute Gasteiger partial charge is 0.123 e. The average Bonchev–Trinajstić information content (AvgIpc) is 2.48. The van der Waals surface area contributed by atoms with Crippen LogP contribution in [0.4, 0.5) is 4.39 Å². The van der Waals surface area contributed by atoms with Gasteiger partial charge in [0.15, 0.2) is 0 Å². The molecular weight excluding hydrogens is 251 g/mol. The third-order valence-corrected chi connectivity index (χ3v) is 4.32. The van der Waals surface area contributed by atoms with Gasteiger partial charge in [0.2, 0.25) is 0 Å². The van der Waals surface area contributed by atoms with E-state index in [9.17, 15) is 4.39 Å². The van der Waals surface area contributed by atoms with Crippen LogP contribution in [0, 0.1) is 17.7 Å². The van der Waals surface area contributed by atoms with Crippen LogP contribution < -0.4 is 0 Å². The first-order valence-corrected chi connectivity index (χ1v) is 7.68. The minimum Gasteiger partial charge on any atom is -0.381 e. The number of benzene rings is 1. The molecule has 20 heavy (non-hydrogen) atoms. The first-order chi connectivity index (χ1) is 9.78. The van der Waals surface area contributed by atoms with E-state index in [1.165, 1.54) is 37.7 Å². The molecule has 0 heterocycles. The highest BCUT2D eigenvalue weighted by atomic mass is 19.1. The molecule has 1 nitrogen and oxygen atoms in total. The van der Waals surface area contributed by atoms with Crippen molar-refractivity contribution in [3.63, 3.8) is 0 Å². The normalized spacial score (nSPS) is 23.3. The van der Waals surface area contributed by atoms with Gasteiger partial charge in [-0.3, -0.25) is 0 Å². The van der Waals surface area contributed by atoms with E-state index < -0.39 is 0 Å². The molecule has 0 amide bonds. The summed E-state index contributed by atoms with van der Waals surface area (Å²) < 4.78 is 17.9. The van der Waals surface area contributed by atoms with Crippen LogP contribution >= 0.6 is 0 Å². The van der Waals surface area contributed by atoms with Gasteiger partial charge in [0.25, 0.3) is 0 Å². The topological polar surface area (TPSA) is 9.23 Å². The van der Waals surface area contributed by atoms with Gasteiger partial charge in [0.1, 0.15) is 5.82 Å². The van der Waals surface area contributed by atoms with Crippen LogP contribution in [-0.4, -0.2) is 13.7 Å². The van der Waals surface area contributed by atoms with Gasteiger partial charge in [0.05, 0.1) is 6.61 Å². The van der Waals surface area contributed by atoms with Gasteiger partial charge < -0.3 is 4.74 Å². The van der Waals surface area contributed by atoms with Crippen molar-refractivity contribution in [3.05, 3.63) is 47.8 Å². The lowest BCUT2D eigenvalue weighted by atomic mass is 9.79. The molecule has 110 valence electrons. The standard InChI is InChI=1S/C18H25FO/c1-20-14-2-3-15-4-6-16(7-5-15)8-9-17-10-12-18(19)13-11-17/h2-3,10-13,15-16H,4-9,14H2,1H3/b3-2+. The quantitative estimate of drug-likeness (QED) is 0.680. The number of allylic oxidation sites excluding steroid dienone is 1. The summed E-state index contributed by atoms with van der Waals surface area (Å²) in [5, 5.41) is 0. The third-order valence-electron chi connectivity index (χ3n) is 4.32. The Hall–Kier alpha value is -1.15. The van der Waals surface area contributed by atoms with Crippen LogP contribution in [0.2, 0.25) is 0 Å². The molecular formula is C18H25FO. The molecule has 0 spiro atoms. The lowest BCUT2D eigenvalue weighted by Crippen LogP contribution is -2.13. The average molecular weight is 276 g/mol. The number of hydrogen-bond acceptors (Lipinski definition) is 1. The molecule has 2 rings (SSSR count). The molecule has 0 aromatic heterocycles. The second kappa shape index (κ2) is 8.21. The molecule has 0 N–H and O–H groups in total. The predicted molar refractivity (Wildman–Crippen MR) is 81.2 cm³/mol. The summed E-state index contributed by atoms with van der Waals surface area (Å²) in [7, 11) is 1.73. The Morgan fingerprint density at radius 2 is 1.85 bits per heavy atom. The fourth-order valence-corrected chi connectivity index (χ4v) is 3.04. The molecule has 1 aromatic rings. The molecule has 1 aromatic carbocycles. The van der Waals surface area contributed by atoms with Gasteiger partial charge in [-0.1, -0.05) is 24.3 Å². The maximum atomic E-state index is 12.8. The molecule has 0 bridgehead atoms. The number of ether oxygens (including phenoxy) is 1. The summed E-state index contributed by atoms with van der Waals surface area (Å²) in [5.41, 5.74) is 1.26. The molecule has 1 fully saturated rings. The maximum Gasteiger partial charge on any atom is 0.123 e. The van der Waals surface area contributed by atoms with E-state index in [0.29, 0.717) is 0 Å². The zero-order valence-electron chi connectivity index (χ0n) is 12.4. The molecule has 1 aliphatic rings. The highest BCUT2D eigenvalue weighted by Gasteiger charge is 2.19. The van der Waals surface area contributed by atoms with E-state index in [1.54, 1.807) is 19.2 Å². The van der Waals surface area contributed by atoms with Gasteiger partial charge >= 0.3 is 0 Å². The highest BCUT2D eigenvalue weighted by Crippen LogP contribution is 2.32. The lowest BCUT2D eigenvalue weighted by Gasteiger charge is -2.26. The number of halogens is 1. The monoisotopic (exact) mass is 276 g/mol. The van der Waals surface area contributed by atoms with Crippen molar-refractivity contribution in [1.82, 2.24) is 0 Å². The summed E-state index contributed by atoms with van der Waals surface area (Å²) in [4.78, 5) is 0. The van der Waals surface area contributed by atoms with Crippen molar-refractivity contribution in [2.24, 2.45) is 11.8 Å². The number of methoxy groups -OCH3 is 1. The summed E-state index contributed by atoms with van der Waals surface area (Å²) in [6.07, 6.45) is 12.0. The lowest BCUT2D eigenvalue weighted by molar-refractivity contribution is 0.232. The summed E-state index contributed by atoms with van der Waals surface area (Å²) in [5.74, 6) is 1.44. The van der Waals surface area contributed by atoms with Gasteiger partial charge in [-0.15, -0.1) is 0 Å². The Morgan fingerprint density at radius 1 is 1.15 bits per heavy atom. The van der Waals surface area contributed by atoms with Crippen molar-refractivity contribution in [1.29, 1.82) is 0 Å². The van der Waals surface area contributed by atoms with E-state index in [0.717, 1.165) is 24.9 Å². The van der Waals surface area contributed by atoms with Crippen molar-refractivity contribution in [3.8, 4) is 0 Å². The first kappa shape index (κ1) is 15.2. The van der Waals surface area contributed by atoms with Gasteiger partial charge in [-0.2, -0.15) is 0 Å². The molecule has 2 heteroatoms. The molecule has 0 unspecified atom stereocenters. The Morgan fingerprint density at radius 3 is 2.50 bits per heavy atom. The minimum atomic E-state index is -0.142. The van der Waals surface area contributed by atoms with Crippen molar-refractivity contribution in [2.45, 2.75) is 38.5 Å². The van der Waals surface area contributed by atoms with Gasteiger partial charge in [-0.25, -0.2) is 4.39 Å². The Labute approximate surface area is 121 Å². The number of rotatable bonds is 6. The maximum absolute atomic E-state index is 12.8. The van der Waals surface area contributed by atoms with E-state index in [4.69, 9.17) is 4.74 Å². The van der Waals surface area contributed by atoms with Crippen molar-refractivity contribution in [2.75, 3.05) is 13.7 Å². The second-order valence-corrected chi connectivity index (χ2v) is 5.83. The number of aryl methyl sites for hydroxylation is 1. The van der Waals surface area contributed by atoms with Crippen LogP contribution in [0.3, 0.4) is 0 Å².